The highest BCUT2D eigenvalue weighted by Crippen LogP contribution is 2.32. The van der Waals surface area contributed by atoms with Crippen molar-refractivity contribution in [3.63, 3.8) is 0 Å². The summed E-state index contributed by atoms with van der Waals surface area (Å²) in [6.07, 6.45) is 0. The number of amides is 2. The number of nitrogens with zero attached hydrogens (tertiary/aromatic N) is 1. The Balaban J connectivity index is 1.64. The van der Waals surface area contributed by atoms with Gasteiger partial charge in [0.05, 0.1) is 0 Å². The van der Waals surface area contributed by atoms with E-state index in [0.717, 1.165) is 5.69 Å². The predicted octanol–water partition coefficient (Wildman–Crippen LogP) is 1.19. The van der Waals surface area contributed by atoms with E-state index in [9.17, 15) is 9.59 Å². The van der Waals surface area contributed by atoms with Crippen molar-refractivity contribution in [2.75, 3.05) is 6.79 Å². The largest absolute Gasteiger partial charge is 0.454 e. The van der Waals surface area contributed by atoms with E-state index in [-0.39, 0.29) is 12.5 Å². The number of fused-ring (bicyclic) bond motifs is 1. The number of hydrogen-bond acceptors (Lipinski definition) is 5. The number of rotatable bonds is 2. The molecule has 0 unspecified atom stereocenters. The lowest BCUT2D eigenvalue weighted by Crippen LogP contribution is -2.42. The minimum absolute atomic E-state index is 0.135. The van der Waals surface area contributed by atoms with Crippen LogP contribution in [-0.2, 0) is 0 Å². The average Bonchev–Trinajstić information content (AvgIpc) is 2.99. The van der Waals surface area contributed by atoms with Crippen LogP contribution in [0.3, 0.4) is 0 Å². The van der Waals surface area contributed by atoms with Crippen LogP contribution >= 0.6 is 0 Å². The molecule has 0 saturated heterocycles. The fourth-order valence-electron chi connectivity index (χ4n) is 1.96. The molecule has 1 aromatic heterocycles. The fourth-order valence-corrected chi connectivity index (χ4v) is 1.96. The summed E-state index contributed by atoms with van der Waals surface area (Å²) in [5.41, 5.74) is 5.95. The van der Waals surface area contributed by atoms with Crippen molar-refractivity contribution in [2.24, 2.45) is 0 Å². The Morgan fingerprint density at radius 3 is 2.64 bits per heavy atom. The lowest BCUT2D eigenvalue weighted by atomic mass is 10.2. The standard InChI is InChI=1S/C15H13N3O4/c1-9-3-2-4-11(16-9)15(20)18-17-14(19)10-5-6-12-13(7-10)22-8-21-12/h2-7H,8H2,1H3,(H,17,19)(H,18,20). The van der Waals surface area contributed by atoms with Gasteiger partial charge in [-0.05, 0) is 37.3 Å². The van der Waals surface area contributed by atoms with E-state index in [4.69, 9.17) is 9.47 Å². The van der Waals surface area contributed by atoms with E-state index in [1.807, 2.05) is 0 Å². The van der Waals surface area contributed by atoms with Gasteiger partial charge < -0.3 is 9.47 Å². The van der Waals surface area contributed by atoms with Crippen molar-refractivity contribution < 1.29 is 19.1 Å². The van der Waals surface area contributed by atoms with E-state index in [2.05, 4.69) is 15.8 Å². The second-order valence-electron chi connectivity index (χ2n) is 4.64. The van der Waals surface area contributed by atoms with Gasteiger partial charge >= 0.3 is 0 Å². The lowest BCUT2D eigenvalue weighted by Gasteiger charge is -2.07. The smallest absolute Gasteiger partial charge is 0.288 e. The number of benzene rings is 1. The normalized spacial score (nSPS) is 11.9. The summed E-state index contributed by atoms with van der Waals surface area (Å²) in [5.74, 6) is 0.140. The van der Waals surface area contributed by atoms with Crippen molar-refractivity contribution in [1.29, 1.82) is 0 Å². The van der Waals surface area contributed by atoms with E-state index < -0.39 is 11.8 Å². The summed E-state index contributed by atoms with van der Waals surface area (Å²) >= 11 is 0. The first-order chi connectivity index (χ1) is 10.6. The zero-order chi connectivity index (χ0) is 15.5. The quantitative estimate of drug-likeness (QED) is 0.813. The molecule has 0 radical (unpaired) electrons. The van der Waals surface area contributed by atoms with Gasteiger partial charge in [0, 0.05) is 11.3 Å². The molecule has 0 atom stereocenters. The molecule has 2 N–H and O–H groups in total. The Labute approximate surface area is 126 Å². The Morgan fingerprint density at radius 1 is 1.05 bits per heavy atom. The topological polar surface area (TPSA) is 89.6 Å². The zero-order valence-corrected chi connectivity index (χ0v) is 11.8. The molecule has 22 heavy (non-hydrogen) atoms. The molecule has 1 aliphatic heterocycles. The molecule has 7 nitrogen and oxygen atoms in total. The molecular weight excluding hydrogens is 286 g/mol. The maximum Gasteiger partial charge on any atom is 0.288 e. The van der Waals surface area contributed by atoms with Gasteiger partial charge in [0.1, 0.15) is 5.69 Å². The summed E-state index contributed by atoms with van der Waals surface area (Å²) in [6.45, 7) is 1.91. The second-order valence-corrected chi connectivity index (χ2v) is 4.64. The molecule has 2 aromatic rings. The third-order valence-electron chi connectivity index (χ3n) is 3.05. The maximum absolute atomic E-state index is 12.0. The van der Waals surface area contributed by atoms with Crippen LogP contribution in [0.4, 0.5) is 0 Å². The number of aryl methyl sites for hydroxylation is 1. The van der Waals surface area contributed by atoms with Crippen LogP contribution in [0.2, 0.25) is 0 Å². The van der Waals surface area contributed by atoms with Gasteiger partial charge in [0.15, 0.2) is 11.5 Å². The second kappa shape index (κ2) is 5.72. The molecule has 112 valence electrons. The third-order valence-corrected chi connectivity index (χ3v) is 3.05. The van der Waals surface area contributed by atoms with E-state index in [1.54, 1.807) is 43.3 Å². The number of nitrogens with one attached hydrogen (secondary N) is 2. The first-order valence-corrected chi connectivity index (χ1v) is 6.57. The number of ether oxygens (including phenoxy) is 2. The van der Waals surface area contributed by atoms with Crippen LogP contribution in [0.15, 0.2) is 36.4 Å². The van der Waals surface area contributed by atoms with Crippen LogP contribution < -0.4 is 20.3 Å². The lowest BCUT2D eigenvalue weighted by molar-refractivity contribution is 0.0843. The molecule has 0 bridgehead atoms. The Hall–Kier alpha value is -3.09. The van der Waals surface area contributed by atoms with Crippen LogP contribution in [-0.4, -0.2) is 23.6 Å². The van der Waals surface area contributed by atoms with Crippen LogP contribution in [0, 0.1) is 6.92 Å². The van der Waals surface area contributed by atoms with E-state index >= 15 is 0 Å². The highest BCUT2D eigenvalue weighted by molar-refractivity contribution is 5.98. The van der Waals surface area contributed by atoms with Gasteiger partial charge in [-0.15, -0.1) is 0 Å². The number of carbonyl (C=O) groups is 2. The maximum atomic E-state index is 12.0. The molecule has 1 aliphatic rings. The monoisotopic (exact) mass is 299 g/mol. The predicted molar refractivity (Wildman–Crippen MR) is 76.5 cm³/mol. The molecular formula is C15H13N3O4. The minimum atomic E-state index is -0.488. The Bertz CT molecular complexity index is 745. The average molecular weight is 299 g/mol. The third kappa shape index (κ3) is 2.83. The molecule has 3 rings (SSSR count). The number of aromatic nitrogens is 1. The molecule has 0 saturated carbocycles. The van der Waals surface area contributed by atoms with E-state index in [1.165, 1.54) is 0 Å². The van der Waals surface area contributed by atoms with Gasteiger partial charge in [0.2, 0.25) is 6.79 Å². The minimum Gasteiger partial charge on any atom is -0.454 e. The molecule has 7 heteroatoms. The number of carbonyl (C=O) groups excluding carboxylic acids is 2. The number of hydrazine groups is 1. The zero-order valence-electron chi connectivity index (χ0n) is 11.8. The van der Waals surface area contributed by atoms with Crippen molar-refractivity contribution >= 4 is 11.8 Å². The molecule has 0 aliphatic carbocycles. The fraction of sp³-hybridized carbons (Fsp3) is 0.133. The SMILES string of the molecule is Cc1cccc(C(=O)NNC(=O)c2ccc3c(c2)OCO3)n1. The first-order valence-electron chi connectivity index (χ1n) is 6.57. The van der Waals surface area contributed by atoms with Crippen LogP contribution in [0.1, 0.15) is 26.5 Å². The molecule has 2 amide bonds. The number of pyridine rings is 1. The van der Waals surface area contributed by atoms with Gasteiger partial charge in [0.25, 0.3) is 11.8 Å². The van der Waals surface area contributed by atoms with E-state index in [0.29, 0.717) is 17.1 Å². The Kier molecular flexibility index (Phi) is 3.61. The highest BCUT2D eigenvalue weighted by Gasteiger charge is 2.16. The van der Waals surface area contributed by atoms with Gasteiger partial charge in [-0.1, -0.05) is 6.07 Å². The van der Waals surface area contributed by atoms with Gasteiger partial charge in [-0.3, -0.25) is 20.4 Å². The first kappa shape index (κ1) is 13.9. The summed E-state index contributed by atoms with van der Waals surface area (Å²) in [4.78, 5) is 28.0. The summed E-state index contributed by atoms with van der Waals surface area (Å²) in [5, 5.41) is 0. The highest BCUT2D eigenvalue weighted by atomic mass is 16.7. The van der Waals surface area contributed by atoms with Gasteiger partial charge in [-0.25, -0.2) is 4.98 Å². The summed E-state index contributed by atoms with van der Waals surface area (Å²) in [6, 6.07) is 9.84. The van der Waals surface area contributed by atoms with Crippen molar-refractivity contribution in [3.05, 3.63) is 53.3 Å². The molecule has 0 fully saturated rings. The molecule has 2 heterocycles. The molecule has 0 spiro atoms. The number of hydrogen-bond donors (Lipinski definition) is 2. The van der Waals surface area contributed by atoms with Gasteiger partial charge in [-0.2, -0.15) is 0 Å². The van der Waals surface area contributed by atoms with Crippen molar-refractivity contribution in [2.45, 2.75) is 6.92 Å². The van der Waals surface area contributed by atoms with Crippen molar-refractivity contribution in [3.8, 4) is 11.5 Å². The summed E-state index contributed by atoms with van der Waals surface area (Å²) in [7, 11) is 0. The Morgan fingerprint density at radius 2 is 1.82 bits per heavy atom. The van der Waals surface area contributed by atoms with Crippen molar-refractivity contribution in [1.82, 2.24) is 15.8 Å². The van der Waals surface area contributed by atoms with Crippen LogP contribution in [0.5, 0.6) is 11.5 Å². The summed E-state index contributed by atoms with van der Waals surface area (Å²) < 4.78 is 10.4. The molecule has 1 aromatic carbocycles. The van der Waals surface area contributed by atoms with Crippen LogP contribution in [0.25, 0.3) is 0 Å².